The maximum Gasteiger partial charge on any atom is 0.0628 e. The summed E-state index contributed by atoms with van der Waals surface area (Å²) in [7, 11) is 0. The summed E-state index contributed by atoms with van der Waals surface area (Å²) >= 11 is 0. The van der Waals surface area contributed by atoms with Gasteiger partial charge in [0.2, 0.25) is 0 Å². The molecule has 0 aromatic carbocycles. The van der Waals surface area contributed by atoms with Crippen LogP contribution in [0.15, 0.2) is 0 Å². The first kappa shape index (κ1) is 28.8. The van der Waals surface area contributed by atoms with E-state index in [-0.39, 0.29) is 20.1 Å². The largest absolute Gasteiger partial charge is 0.328 e. The second kappa shape index (κ2) is 11.9. The first-order chi connectivity index (χ1) is 19.8. The Morgan fingerprint density at radius 2 is 0.561 bits per heavy atom. The molecular weight excluding hydrogens is 689 g/mol. The van der Waals surface area contributed by atoms with Crippen LogP contribution in [0, 0.1) is 53.8 Å². The molecule has 41 heavy (non-hydrogen) atoms. The second-order valence-electron chi connectivity index (χ2n) is 15.4. The zero-order valence-corrected chi connectivity index (χ0v) is 27.2. The van der Waals surface area contributed by atoms with Gasteiger partial charge in [0.05, 0.1) is 49.3 Å². The smallest absolute Gasteiger partial charge is 0.0628 e. The fraction of sp³-hybridized carbons (Fsp3) is 0.969. The molecule has 9 aliphatic rings. The van der Waals surface area contributed by atoms with Crippen molar-refractivity contribution in [3.05, 3.63) is 6.42 Å². The third-order valence-corrected chi connectivity index (χ3v) is 13.6. The van der Waals surface area contributed by atoms with Gasteiger partial charge in [-0.2, -0.15) is 12.8 Å². The molecule has 0 spiro atoms. The molecule has 8 N–H and O–H groups in total. The van der Waals surface area contributed by atoms with E-state index in [2.05, 4.69) is 49.0 Å². The standard InChI is InChI=1S/C32H55N8.Ir/c1-2-10-18-17(9-1)25-33-26(18)38-28-21-13-5-6-14-22(21)30(35-28)40-32-24-16-8-7-15-23(24)31(36-32)39-29-20-12-4-3-11-19(20)27(34-29)37-25;/h1,17-40H,2-16H2;/q-1;. The molecule has 0 amide bonds. The van der Waals surface area contributed by atoms with Crippen molar-refractivity contribution in [2.45, 2.75) is 146 Å². The molecule has 4 aliphatic carbocycles. The van der Waals surface area contributed by atoms with Crippen molar-refractivity contribution < 1.29 is 20.1 Å². The Labute approximate surface area is 261 Å². The zero-order valence-electron chi connectivity index (χ0n) is 24.8. The summed E-state index contributed by atoms with van der Waals surface area (Å²) in [6.45, 7) is 0. The van der Waals surface area contributed by atoms with Gasteiger partial charge in [-0.25, -0.2) is 0 Å². The summed E-state index contributed by atoms with van der Waals surface area (Å²) in [6, 6.07) is 0. The number of nitrogens with one attached hydrogen (secondary N) is 8. The van der Waals surface area contributed by atoms with E-state index in [9.17, 15) is 0 Å². The topological polar surface area (TPSA) is 96.2 Å². The summed E-state index contributed by atoms with van der Waals surface area (Å²) in [5, 5.41) is 33.7. The molecule has 5 heterocycles. The molecule has 9 rings (SSSR count). The molecule has 9 heteroatoms. The Bertz CT molecular complexity index is 716. The average molecular weight is 744 g/mol. The molecule has 16 atom stereocenters. The van der Waals surface area contributed by atoms with Crippen LogP contribution in [0.25, 0.3) is 0 Å². The van der Waals surface area contributed by atoms with Crippen LogP contribution in [-0.2, 0) is 20.1 Å². The maximum absolute atomic E-state index is 4.26. The molecule has 16 unspecified atom stereocenters. The minimum Gasteiger partial charge on any atom is -0.328 e. The minimum atomic E-state index is 0. The van der Waals surface area contributed by atoms with Gasteiger partial charge < -0.3 is 6.42 Å². The number of hydrogen-bond donors (Lipinski definition) is 8. The fourth-order valence-electron chi connectivity index (χ4n) is 11.8. The predicted molar refractivity (Wildman–Crippen MR) is 157 cm³/mol. The fourth-order valence-corrected chi connectivity index (χ4v) is 11.8. The summed E-state index contributed by atoms with van der Waals surface area (Å²) in [6.07, 6.45) is 26.3. The molecule has 4 saturated carbocycles. The van der Waals surface area contributed by atoms with Crippen LogP contribution < -0.4 is 42.5 Å². The van der Waals surface area contributed by atoms with Crippen molar-refractivity contribution in [3.8, 4) is 0 Å². The molecule has 5 saturated heterocycles. The van der Waals surface area contributed by atoms with Gasteiger partial charge in [0, 0.05) is 20.1 Å². The number of hydrogen-bond acceptors (Lipinski definition) is 8. The van der Waals surface area contributed by atoms with E-state index in [0.717, 1.165) is 35.5 Å². The summed E-state index contributed by atoms with van der Waals surface area (Å²) in [4.78, 5) is 0. The van der Waals surface area contributed by atoms with Crippen molar-refractivity contribution in [1.82, 2.24) is 42.5 Å². The van der Waals surface area contributed by atoms with Crippen molar-refractivity contribution in [1.29, 1.82) is 0 Å². The SMILES string of the molecule is [CH-]1CCC2C3NC(NC4NC(NC5NC(NC6NC(N3)C3CCCCC63)C3CCCCC53)C3CCCCC43)C2C1.[Ir]. The third kappa shape index (κ3) is 5.05. The second-order valence-corrected chi connectivity index (χ2v) is 15.4. The van der Waals surface area contributed by atoms with Crippen LogP contribution in [0.3, 0.4) is 0 Å². The minimum absolute atomic E-state index is 0. The van der Waals surface area contributed by atoms with Gasteiger partial charge in [0.25, 0.3) is 0 Å². The summed E-state index contributed by atoms with van der Waals surface area (Å²) < 4.78 is 0. The van der Waals surface area contributed by atoms with Crippen LogP contribution >= 0.6 is 0 Å². The van der Waals surface area contributed by atoms with E-state index in [1.807, 2.05) is 0 Å². The molecule has 9 fully saturated rings. The van der Waals surface area contributed by atoms with Crippen molar-refractivity contribution >= 4 is 0 Å². The molecular formula is C32H55IrN8-. The number of rotatable bonds is 0. The van der Waals surface area contributed by atoms with Crippen LogP contribution in [-0.4, -0.2) is 49.3 Å². The zero-order chi connectivity index (χ0) is 26.2. The van der Waals surface area contributed by atoms with Gasteiger partial charge in [-0.1, -0.05) is 44.9 Å². The first-order valence-corrected chi connectivity index (χ1v) is 17.7. The maximum atomic E-state index is 4.26. The molecule has 0 aromatic rings. The summed E-state index contributed by atoms with van der Waals surface area (Å²) in [5.41, 5.74) is 0. The Morgan fingerprint density at radius 1 is 0.317 bits per heavy atom. The predicted octanol–water partition coefficient (Wildman–Crippen LogP) is 2.42. The van der Waals surface area contributed by atoms with Gasteiger partial charge in [0.1, 0.15) is 0 Å². The summed E-state index contributed by atoms with van der Waals surface area (Å²) in [5.74, 6) is 5.84. The average Bonchev–Trinajstić information content (AvgIpc) is 3.73. The van der Waals surface area contributed by atoms with E-state index in [1.165, 1.54) is 96.3 Å². The Balaban J connectivity index is 0.00000256. The number of fused-ring (bicyclic) bond motifs is 20. The quantitative estimate of drug-likeness (QED) is 0.180. The van der Waals surface area contributed by atoms with Crippen molar-refractivity contribution in [3.63, 3.8) is 0 Å². The van der Waals surface area contributed by atoms with Gasteiger partial charge in [0.15, 0.2) is 0 Å². The molecule has 0 aromatic heterocycles. The molecule has 8 nitrogen and oxygen atoms in total. The monoisotopic (exact) mass is 744 g/mol. The Kier molecular flexibility index (Phi) is 8.37. The van der Waals surface area contributed by atoms with Gasteiger partial charge in [-0.05, 0) is 85.9 Å². The van der Waals surface area contributed by atoms with E-state index in [0.29, 0.717) is 61.2 Å². The van der Waals surface area contributed by atoms with Crippen LogP contribution in [0.5, 0.6) is 0 Å². The molecule has 1 radical (unpaired) electrons. The van der Waals surface area contributed by atoms with E-state index in [4.69, 9.17) is 0 Å². The van der Waals surface area contributed by atoms with Gasteiger partial charge in [-0.3, -0.25) is 42.5 Å². The third-order valence-electron chi connectivity index (χ3n) is 13.6. The Hall–Kier alpha value is 0.329. The van der Waals surface area contributed by atoms with Crippen LogP contribution in [0.4, 0.5) is 0 Å². The molecule has 5 aliphatic heterocycles. The van der Waals surface area contributed by atoms with Gasteiger partial charge >= 0.3 is 0 Å². The molecule has 8 bridgehead atoms. The van der Waals surface area contributed by atoms with Gasteiger partial charge in [-0.15, -0.1) is 0 Å². The van der Waals surface area contributed by atoms with E-state index < -0.39 is 0 Å². The van der Waals surface area contributed by atoms with E-state index >= 15 is 0 Å². The normalized spacial score (nSPS) is 56.2. The van der Waals surface area contributed by atoms with E-state index in [1.54, 1.807) is 0 Å². The Morgan fingerprint density at radius 3 is 0.854 bits per heavy atom. The first-order valence-electron chi connectivity index (χ1n) is 17.7. The van der Waals surface area contributed by atoms with Crippen LogP contribution in [0.1, 0.15) is 96.3 Å². The molecule has 233 valence electrons. The van der Waals surface area contributed by atoms with Crippen LogP contribution in [0.2, 0.25) is 0 Å². The van der Waals surface area contributed by atoms with Crippen molar-refractivity contribution in [2.24, 2.45) is 47.3 Å². The van der Waals surface area contributed by atoms with Crippen molar-refractivity contribution in [2.75, 3.05) is 0 Å².